The van der Waals surface area contributed by atoms with Crippen molar-refractivity contribution in [2.45, 2.75) is 50.3 Å². The lowest BCUT2D eigenvalue weighted by atomic mass is 9.49. The molecule has 0 aromatic heterocycles. The summed E-state index contributed by atoms with van der Waals surface area (Å²) < 4.78 is 1.07. The predicted molar refractivity (Wildman–Crippen MR) is 93.2 cm³/mol. The fourth-order valence-corrected chi connectivity index (χ4v) is 6.34. The van der Waals surface area contributed by atoms with Gasteiger partial charge in [-0.2, -0.15) is 0 Å². The third-order valence-corrected chi connectivity index (χ3v) is 7.22. The summed E-state index contributed by atoms with van der Waals surface area (Å²) in [6, 6.07) is 5.98. The topological polar surface area (TPSA) is 29.1 Å². The van der Waals surface area contributed by atoms with Gasteiger partial charge in [0.15, 0.2) is 0 Å². The molecule has 22 heavy (non-hydrogen) atoms. The minimum Gasteiger partial charge on any atom is -0.326 e. The van der Waals surface area contributed by atoms with Crippen molar-refractivity contribution in [3.63, 3.8) is 0 Å². The van der Waals surface area contributed by atoms with Gasteiger partial charge in [0.1, 0.15) is 0 Å². The summed E-state index contributed by atoms with van der Waals surface area (Å²) in [5.74, 6) is 1.49. The van der Waals surface area contributed by atoms with Crippen molar-refractivity contribution in [3.05, 3.63) is 28.2 Å². The van der Waals surface area contributed by atoms with Crippen LogP contribution >= 0.6 is 27.5 Å². The van der Waals surface area contributed by atoms with Gasteiger partial charge in [-0.05, 0) is 81.0 Å². The van der Waals surface area contributed by atoms with Gasteiger partial charge in [0.2, 0.25) is 5.91 Å². The van der Waals surface area contributed by atoms with Gasteiger partial charge in [0.05, 0.1) is 5.41 Å². The molecule has 4 aliphatic carbocycles. The molecule has 0 spiro atoms. The number of carbonyl (C=O) groups is 1. The maximum absolute atomic E-state index is 13.0. The molecule has 2 atom stereocenters. The van der Waals surface area contributed by atoms with Gasteiger partial charge in [-0.15, -0.1) is 11.6 Å². The number of nitrogens with one attached hydrogen (secondary N) is 1. The van der Waals surface area contributed by atoms with E-state index in [0.717, 1.165) is 47.8 Å². The number of amides is 1. The molecule has 0 radical (unpaired) electrons. The lowest BCUT2D eigenvalue weighted by Crippen LogP contribution is -2.57. The molecule has 1 aromatic carbocycles. The highest BCUT2D eigenvalue weighted by Crippen LogP contribution is 2.64. The molecule has 118 valence electrons. The molecule has 2 nitrogen and oxygen atoms in total. The maximum atomic E-state index is 13.0. The highest BCUT2D eigenvalue weighted by molar-refractivity contribution is 9.10. The van der Waals surface area contributed by atoms with Crippen LogP contribution in [-0.4, -0.2) is 10.8 Å². The van der Waals surface area contributed by atoms with Crippen LogP contribution < -0.4 is 5.32 Å². The van der Waals surface area contributed by atoms with Gasteiger partial charge >= 0.3 is 0 Å². The van der Waals surface area contributed by atoms with Crippen molar-refractivity contribution in [2.24, 2.45) is 17.3 Å². The summed E-state index contributed by atoms with van der Waals surface area (Å²) in [5.41, 5.74) is 1.80. The normalized spacial score (nSPS) is 39.0. The number of anilines is 1. The zero-order valence-electron chi connectivity index (χ0n) is 12.8. The number of halogens is 2. The van der Waals surface area contributed by atoms with Crippen LogP contribution in [0.3, 0.4) is 0 Å². The number of alkyl halides is 1. The van der Waals surface area contributed by atoms with E-state index in [1.807, 2.05) is 25.1 Å². The zero-order valence-corrected chi connectivity index (χ0v) is 15.1. The molecule has 0 heterocycles. The average molecular weight is 383 g/mol. The van der Waals surface area contributed by atoms with Crippen LogP contribution in [-0.2, 0) is 4.79 Å². The van der Waals surface area contributed by atoms with Gasteiger partial charge in [0, 0.05) is 15.0 Å². The Hall–Kier alpha value is -0.540. The third-order valence-electron chi connectivity index (χ3n) is 5.89. The number of aryl methyl sites for hydroxylation is 1. The van der Waals surface area contributed by atoms with Gasteiger partial charge in [-0.3, -0.25) is 4.79 Å². The molecule has 4 aliphatic rings. The summed E-state index contributed by atoms with van der Waals surface area (Å²) >= 11 is 10.3. The van der Waals surface area contributed by atoms with E-state index in [2.05, 4.69) is 21.2 Å². The highest BCUT2D eigenvalue weighted by Gasteiger charge is 2.60. The SMILES string of the molecule is Cc1cc(NC(=O)C23C[C@H]4C[C@@H](CC(Cl)(C4)C2)C3)ccc1Br. The van der Waals surface area contributed by atoms with Crippen LogP contribution in [0.15, 0.2) is 22.7 Å². The predicted octanol–water partition coefficient (Wildman–Crippen LogP) is 5.27. The molecule has 4 bridgehead atoms. The van der Waals surface area contributed by atoms with Crippen LogP contribution in [0.4, 0.5) is 5.69 Å². The Kier molecular flexibility index (Phi) is 3.40. The Morgan fingerprint density at radius 1 is 1.27 bits per heavy atom. The van der Waals surface area contributed by atoms with Crippen molar-refractivity contribution < 1.29 is 4.79 Å². The summed E-state index contributed by atoms with van der Waals surface area (Å²) in [5, 5.41) is 3.17. The van der Waals surface area contributed by atoms with E-state index in [1.54, 1.807) is 0 Å². The summed E-state index contributed by atoms with van der Waals surface area (Å²) in [6.45, 7) is 2.04. The second kappa shape index (κ2) is 4.98. The van der Waals surface area contributed by atoms with Crippen molar-refractivity contribution in [2.75, 3.05) is 5.32 Å². The molecular weight excluding hydrogens is 362 g/mol. The van der Waals surface area contributed by atoms with Crippen LogP contribution in [0.5, 0.6) is 0 Å². The Morgan fingerprint density at radius 3 is 2.55 bits per heavy atom. The number of rotatable bonds is 2. The fraction of sp³-hybridized carbons (Fsp3) is 0.611. The van der Waals surface area contributed by atoms with E-state index in [1.165, 1.54) is 6.42 Å². The molecule has 1 N–H and O–H groups in total. The largest absolute Gasteiger partial charge is 0.326 e. The lowest BCUT2D eigenvalue weighted by Gasteiger charge is -2.59. The molecular formula is C18H21BrClNO. The number of hydrogen-bond acceptors (Lipinski definition) is 1. The third kappa shape index (κ3) is 2.41. The van der Waals surface area contributed by atoms with Crippen LogP contribution in [0.1, 0.15) is 44.1 Å². The lowest BCUT2D eigenvalue weighted by molar-refractivity contribution is -0.138. The molecule has 5 rings (SSSR count). The maximum Gasteiger partial charge on any atom is 0.230 e. The first-order valence-corrected chi connectivity index (χ1v) is 9.31. The van der Waals surface area contributed by atoms with Crippen LogP contribution in [0.2, 0.25) is 0 Å². The van der Waals surface area contributed by atoms with Crippen molar-refractivity contribution >= 4 is 39.1 Å². The van der Waals surface area contributed by atoms with E-state index in [4.69, 9.17) is 11.6 Å². The summed E-state index contributed by atoms with van der Waals surface area (Å²) in [7, 11) is 0. The fourth-order valence-electron chi connectivity index (χ4n) is 5.40. The standard InChI is InChI=1S/C18H21BrClNO/c1-11-4-14(2-3-15(11)19)21-16(22)17-6-12-5-13(7-17)9-18(20,8-12)10-17/h2-4,12-13H,5-10H2,1H3,(H,21,22)/t12-,13-,17?,18?/m1/s1. The van der Waals surface area contributed by atoms with Gasteiger partial charge in [-0.1, -0.05) is 15.9 Å². The minimum absolute atomic E-state index is 0.114. The van der Waals surface area contributed by atoms with Gasteiger partial charge < -0.3 is 5.32 Å². The summed E-state index contributed by atoms with van der Waals surface area (Å²) in [6.07, 6.45) is 6.41. The van der Waals surface area contributed by atoms with E-state index in [-0.39, 0.29) is 16.2 Å². The van der Waals surface area contributed by atoms with Gasteiger partial charge in [0.25, 0.3) is 0 Å². The second-order valence-electron chi connectivity index (χ2n) is 7.81. The molecule has 0 aliphatic heterocycles. The van der Waals surface area contributed by atoms with Crippen molar-refractivity contribution in [1.82, 2.24) is 0 Å². The van der Waals surface area contributed by atoms with Crippen molar-refractivity contribution in [1.29, 1.82) is 0 Å². The Bertz CT molecular complexity index is 630. The van der Waals surface area contributed by atoms with Crippen LogP contribution in [0, 0.1) is 24.2 Å². The molecule has 0 saturated heterocycles. The molecule has 4 saturated carbocycles. The van der Waals surface area contributed by atoms with Crippen molar-refractivity contribution in [3.8, 4) is 0 Å². The first-order chi connectivity index (χ1) is 10.4. The van der Waals surface area contributed by atoms with E-state index >= 15 is 0 Å². The molecule has 4 heteroatoms. The minimum atomic E-state index is -0.229. The van der Waals surface area contributed by atoms with E-state index in [0.29, 0.717) is 11.8 Å². The average Bonchev–Trinajstić information content (AvgIpc) is 2.40. The Labute approximate surface area is 145 Å². The van der Waals surface area contributed by atoms with Crippen LogP contribution in [0.25, 0.3) is 0 Å². The number of benzene rings is 1. The Balaban J connectivity index is 1.58. The van der Waals surface area contributed by atoms with E-state index < -0.39 is 0 Å². The first-order valence-electron chi connectivity index (χ1n) is 8.14. The monoisotopic (exact) mass is 381 g/mol. The Morgan fingerprint density at radius 2 is 1.95 bits per heavy atom. The molecule has 4 fully saturated rings. The highest BCUT2D eigenvalue weighted by atomic mass is 79.9. The smallest absolute Gasteiger partial charge is 0.230 e. The number of carbonyl (C=O) groups excluding carboxylic acids is 1. The molecule has 1 aromatic rings. The first kappa shape index (κ1) is 15.0. The van der Waals surface area contributed by atoms with Gasteiger partial charge in [-0.25, -0.2) is 0 Å². The zero-order chi connectivity index (χ0) is 15.5. The summed E-state index contributed by atoms with van der Waals surface area (Å²) in [4.78, 5) is 12.9. The number of hydrogen-bond donors (Lipinski definition) is 1. The molecule has 0 unspecified atom stereocenters. The van der Waals surface area contributed by atoms with E-state index in [9.17, 15) is 4.79 Å². The molecule has 1 amide bonds. The quantitative estimate of drug-likeness (QED) is 0.693. The second-order valence-corrected chi connectivity index (χ2v) is 9.47.